The Morgan fingerprint density at radius 3 is 2.94 bits per heavy atom. The van der Waals surface area contributed by atoms with E-state index in [0.29, 0.717) is 22.5 Å². The number of aromatic nitrogens is 2. The molecule has 2 aromatic heterocycles. The standard InChI is InChI=1S/C21H17N5O6/c1-31-14-5-4-12-9-26(19(28)15(12)7-14)10-13(18(27)25-20(22)29)3-2-11-6-16-17(23-8-11)24-21(30)32-16/h4-8,13H,9-10H2,1H3,(H,23,24,30)(H3,22,25,27,29)/p+1. The van der Waals surface area contributed by atoms with E-state index in [4.69, 9.17) is 14.9 Å². The highest BCUT2D eigenvalue weighted by atomic mass is 16.5. The third kappa shape index (κ3) is 4.15. The van der Waals surface area contributed by atoms with Gasteiger partial charge in [-0.2, -0.15) is 9.78 Å². The maximum atomic E-state index is 12.8. The number of oxazole rings is 1. The Morgan fingerprint density at radius 1 is 1.38 bits per heavy atom. The van der Waals surface area contributed by atoms with Crippen LogP contribution >= 0.6 is 0 Å². The molecule has 32 heavy (non-hydrogen) atoms. The molecule has 0 aliphatic carbocycles. The highest BCUT2D eigenvalue weighted by Gasteiger charge is 2.31. The van der Waals surface area contributed by atoms with Gasteiger partial charge >= 0.3 is 17.4 Å². The van der Waals surface area contributed by atoms with Crippen LogP contribution in [-0.2, 0) is 11.3 Å². The first-order valence-corrected chi connectivity index (χ1v) is 9.46. The molecule has 3 heterocycles. The van der Waals surface area contributed by atoms with Crippen LogP contribution in [0.1, 0.15) is 21.5 Å². The van der Waals surface area contributed by atoms with E-state index in [0.717, 1.165) is 5.56 Å². The summed E-state index contributed by atoms with van der Waals surface area (Å²) in [7, 11) is 1.51. The van der Waals surface area contributed by atoms with Gasteiger partial charge in [0.05, 0.1) is 12.7 Å². The number of aromatic amines is 2. The number of pyridine rings is 1. The number of nitrogens with zero attached hydrogens (tertiary/aromatic N) is 1. The maximum Gasteiger partial charge on any atom is 0.510 e. The van der Waals surface area contributed by atoms with Crippen LogP contribution in [0.25, 0.3) is 11.2 Å². The van der Waals surface area contributed by atoms with Crippen molar-refractivity contribution in [3.8, 4) is 17.6 Å². The lowest BCUT2D eigenvalue weighted by Crippen LogP contribution is -2.43. The van der Waals surface area contributed by atoms with Gasteiger partial charge in [-0.1, -0.05) is 17.9 Å². The number of fused-ring (bicyclic) bond motifs is 2. The SMILES string of the molecule is COc1ccc2c(c1)C(=O)N(CC(C#Cc1c[nH+]c3[nH]c(=O)oc3c1)C(=O)NC(N)=O)C2. The van der Waals surface area contributed by atoms with Crippen LogP contribution in [0.2, 0.25) is 0 Å². The fourth-order valence-corrected chi connectivity index (χ4v) is 3.36. The van der Waals surface area contributed by atoms with Crippen molar-refractivity contribution < 1.29 is 28.5 Å². The summed E-state index contributed by atoms with van der Waals surface area (Å²) in [6.45, 7) is 0.224. The Hall–Kier alpha value is -4.59. The summed E-state index contributed by atoms with van der Waals surface area (Å²) in [6.07, 6.45) is 1.52. The number of primary amides is 1. The number of hydrogen-bond donors (Lipinski definition) is 3. The molecule has 4 rings (SSSR count). The number of ether oxygens (including phenoxy) is 1. The zero-order valence-corrected chi connectivity index (χ0v) is 16.9. The topological polar surface area (TPSA) is 162 Å². The molecule has 0 spiro atoms. The molecule has 1 unspecified atom stereocenters. The van der Waals surface area contributed by atoms with E-state index in [1.165, 1.54) is 24.3 Å². The predicted molar refractivity (Wildman–Crippen MR) is 109 cm³/mol. The van der Waals surface area contributed by atoms with Crippen LogP contribution in [-0.4, -0.2) is 41.4 Å². The minimum absolute atomic E-state index is 0.0624. The summed E-state index contributed by atoms with van der Waals surface area (Å²) >= 11 is 0. The normalized spacial score (nSPS) is 13.3. The van der Waals surface area contributed by atoms with Gasteiger partial charge in [0.25, 0.3) is 5.91 Å². The van der Waals surface area contributed by atoms with Crippen LogP contribution in [0.5, 0.6) is 5.75 Å². The highest BCUT2D eigenvalue weighted by molar-refractivity contribution is 6.00. The summed E-state index contributed by atoms with van der Waals surface area (Å²) in [5.74, 6) is 3.44. The number of urea groups is 1. The molecule has 1 aliphatic heterocycles. The van der Waals surface area contributed by atoms with Crippen LogP contribution in [0, 0.1) is 17.8 Å². The quantitative estimate of drug-likeness (QED) is 0.478. The number of carbonyl (C=O) groups is 3. The number of nitrogens with two attached hydrogens (primary N) is 1. The number of methoxy groups -OCH3 is 1. The van der Waals surface area contributed by atoms with Gasteiger partial charge in [-0.15, -0.1) is 0 Å². The second-order valence-electron chi connectivity index (χ2n) is 7.03. The van der Waals surface area contributed by atoms with Gasteiger partial charge in [0, 0.05) is 24.7 Å². The zero-order chi connectivity index (χ0) is 22.8. The Labute approximate surface area is 180 Å². The van der Waals surface area contributed by atoms with Gasteiger partial charge in [0.1, 0.15) is 17.9 Å². The van der Waals surface area contributed by atoms with Crippen molar-refractivity contribution in [3.05, 3.63) is 57.7 Å². The summed E-state index contributed by atoms with van der Waals surface area (Å²) in [5, 5.41) is 2.01. The first kappa shape index (κ1) is 20.7. The third-order valence-corrected chi connectivity index (χ3v) is 4.89. The molecule has 0 bridgehead atoms. The highest BCUT2D eigenvalue weighted by Crippen LogP contribution is 2.27. The summed E-state index contributed by atoms with van der Waals surface area (Å²) < 4.78 is 10.1. The number of benzene rings is 1. The van der Waals surface area contributed by atoms with Crippen LogP contribution in [0.15, 0.2) is 39.7 Å². The molecular formula is C21H18N5O6+. The largest absolute Gasteiger partial charge is 0.510 e. The second-order valence-corrected chi connectivity index (χ2v) is 7.03. The van der Waals surface area contributed by atoms with Gasteiger partial charge in [-0.05, 0) is 17.7 Å². The van der Waals surface area contributed by atoms with E-state index in [1.807, 2.05) is 5.32 Å². The minimum Gasteiger partial charge on any atom is -0.497 e. The van der Waals surface area contributed by atoms with Crippen molar-refractivity contribution in [2.24, 2.45) is 11.7 Å². The lowest BCUT2D eigenvalue weighted by Gasteiger charge is -2.19. The molecule has 4 amide bonds. The monoisotopic (exact) mass is 436 g/mol. The van der Waals surface area contributed by atoms with Crippen molar-refractivity contribution in [2.45, 2.75) is 6.54 Å². The maximum absolute atomic E-state index is 12.8. The minimum atomic E-state index is -1.04. The molecule has 1 atom stereocenters. The average molecular weight is 436 g/mol. The van der Waals surface area contributed by atoms with E-state index in [1.54, 1.807) is 18.2 Å². The molecule has 1 aromatic carbocycles. The smallest absolute Gasteiger partial charge is 0.497 e. The van der Waals surface area contributed by atoms with Crippen molar-refractivity contribution >= 4 is 29.1 Å². The molecule has 5 N–H and O–H groups in total. The Balaban J connectivity index is 1.59. The van der Waals surface area contributed by atoms with Gasteiger partial charge in [0.2, 0.25) is 11.5 Å². The molecule has 0 saturated heterocycles. The number of nitrogens with one attached hydrogen (secondary N) is 3. The van der Waals surface area contributed by atoms with Gasteiger partial charge in [0.15, 0.2) is 0 Å². The molecule has 3 aromatic rings. The average Bonchev–Trinajstić information content (AvgIpc) is 3.28. The molecule has 0 fully saturated rings. The van der Waals surface area contributed by atoms with E-state index in [-0.39, 0.29) is 24.6 Å². The van der Waals surface area contributed by atoms with E-state index in [2.05, 4.69) is 21.8 Å². The van der Waals surface area contributed by atoms with Crippen LogP contribution < -0.4 is 26.5 Å². The third-order valence-electron chi connectivity index (χ3n) is 4.89. The summed E-state index contributed by atoms with van der Waals surface area (Å²) in [5.41, 5.74) is 7.43. The second kappa shape index (κ2) is 8.27. The molecule has 162 valence electrons. The molecule has 0 radical (unpaired) electrons. The first-order chi connectivity index (χ1) is 15.3. The number of imide groups is 1. The lowest BCUT2D eigenvalue weighted by molar-refractivity contribution is -0.347. The molecule has 11 heteroatoms. The van der Waals surface area contributed by atoms with Crippen LogP contribution in [0.4, 0.5) is 4.79 Å². The zero-order valence-electron chi connectivity index (χ0n) is 16.9. The number of H-pyrrole nitrogens is 2. The molecule has 11 nitrogen and oxygen atoms in total. The lowest BCUT2D eigenvalue weighted by atomic mass is 10.1. The summed E-state index contributed by atoms with van der Waals surface area (Å²) in [6, 6.07) is 5.66. The molecular weight excluding hydrogens is 418 g/mol. The Morgan fingerprint density at radius 2 is 2.19 bits per heavy atom. The summed E-state index contributed by atoms with van der Waals surface area (Å²) in [4.78, 5) is 54.6. The fourth-order valence-electron chi connectivity index (χ4n) is 3.36. The first-order valence-electron chi connectivity index (χ1n) is 9.46. The fraction of sp³-hybridized carbons (Fsp3) is 0.190. The number of carbonyl (C=O) groups excluding carboxylic acids is 3. The Kier molecular flexibility index (Phi) is 5.34. The van der Waals surface area contributed by atoms with E-state index >= 15 is 0 Å². The van der Waals surface area contributed by atoms with Gasteiger partial charge < -0.3 is 19.8 Å². The van der Waals surface area contributed by atoms with Crippen molar-refractivity contribution in [1.82, 2.24) is 15.2 Å². The number of amides is 4. The molecule has 1 aliphatic rings. The van der Waals surface area contributed by atoms with Gasteiger partial charge in [-0.25, -0.2) is 9.78 Å². The Bertz CT molecular complexity index is 1360. The van der Waals surface area contributed by atoms with Crippen molar-refractivity contribution in [1.29, 1.82) is 0 Å². The van der Waals surface area contributed by atoms with Gasteiger partial charge in [-0.3, -0.25) is 14.9 Å². The number of rotatable bonds is 4. The predicted octanol–water partition coefficient (Wildman–Crippen LogP) is -0.238. The van der Waals surface area contributed by atoms with E-state index in [9.17, 15) is 19.2 Å². The number of hydrogen-bond acceptors (Lipinski definition) is 6. The van der Waals surface area contributed by atoms with E-state index < -0.39 is 23.6 Å². The van der Waals surface area contributed by atoms with Crippen LogP contribution in [0.3, 0.4) is 0 Å². The van der Waals surface area contributed by atoms with Crippen molar-refractivity contribution in [3.63, 3.8) is 0 Å². The van der Waals surface area contributed by atoms with Crippen molar-refractivity contribution in [2.75, 3.05) is 13.7 Å². The molecule has 0 saturated carbocycles.